The molecule has 1 aromatic carbocycles. The average Bonchev–Trinajstić information content (AvgIpc) is 2.51. The maximum Gasteiger partial charge on any atom is 0.340 e. The zero-order valence-electron chi connectivity index (χ0n) is 14.5. The summed E-state index contributed by atoms with van der Waals surface area (Å²) in [7, 11) is -3.48. The fourth-order valence-electron chi connectivity index (χ4n) is 3.08. The summed E-state index contributed by atoms with van der Waals surface area (Å²) < 4.78 is 28.3. The predicted molar refractivity (Wildman–Crippen MR) is 94.5 cm³/mol. The monoisotopic (exact) mass is 387 g/mol. The number of carbonyl (C=O) groups excluding carboxylic acids is 2. The Labute approximate surface area is 153 Å². The number of carbonyl (C=O) groups is 2. The molecule has 1 saturated heterocycles. The van der Waals surface area contributed by atoms with Crippen molar-refractivity contribution in [2.45, 2.75) is 50.1 Å². The number of sulfone groups is 1. The van der Waals surface area contributed by atoms with Gasteiger partial charge in [-0.3, -0.25) is 4.79 Å². The normalized spacial score (nSPS) is 21.0. The van der Waals surface area contributed by atoms with Gasteiger partial charge in [0.2, 0.25) is 0 Å². The van der Waals surface area contributed by atoms with Crippen molar-refractivity contribution >= 4 is 33.3 Å². The van der Waals surface area contributed by atoms with E-state index in [1.165, 1.54) is 12.1 Å². The van der Waals surface area contributed by atoms with Crippen LogP contribution in [0.25, 0.3) is 0 Å². The van der Waals surface area contributed by atoms with Crippen molar-refractivity contribution in [1.29, 1.82) is 0 Å². The maximum absolute atomic E-state index is 12.4. The molecule has 1 amide bonds. The quantitative estimate of drug-likeness (QED) is 0.742. The van der Waals surface area contributed by atoms with Crippen LogP contribution in [0, 0.1) is 0 Å². The van der Waals surface area contributed by atoms with E-state index in [0.29, 0.717) is 0 Å². The molecule has 0 N–H and O–H groups in total. The van der Waals surface area contributed by atoms with E-state index in [1.54, 1.807) is 4.90 Å². The first kappa shape index (κ1) is 19.7. The van der Waals surface area contributed by atoms with Crippen LogP contribution >= 0.6 is 11.6 Å². The fraction of sp³-hybridized carbons (Fsp3) is 0.529. The Balaban J connectivity index is 2.09. The van der Waals surface area contributed by atoms with Gasteiger partial charge in [-0.15, -0.1) is 0 Å². The SMILES string of the molecule is C[C@@H]1CCC[C@H](C)N1C(=O)COC(=O)c1cc(S(C)(=O)=O)ccc1Cl. The van der Waals surface area contributed by atoms with E-state index in [9.17, 15) is 18.0 Å². The summed E-state index contributed by atoms with van der Waals surface area (Å²) in [4.78, 5) is 26.3. The number of rotatable bonds is 4. The Kier molecular flexibility index (Phi) is 6.11. The number of hydrogen-bond donors (Lipinski definition) is 0. The van der Waals surface area contributed by atoms with Crippen molar-refractivity contribution < 1.29 is 22.7 Å². The van der Waals surface area contributed by atoms with Gasteiger partial charge in [-0.05, 0) is 51.3 Å². The molecule has 1 aliphatic rings. The second-order valence-electron chi connectivity index (χ2n) is 6.42. The van der Waals surface area contributed by atoms with Crippen LogP contribution in [-0.4, -0.2) is 50.1 Å². The first-order valence-corrected chi connectivity index (χ1v) is 10.4. The molecule has 1 fully saturated rings. The van der Waals surface area contributed by atoms with Gasteiger partial charge in [0.1, 0.15) is 0 Å². The van der Waals surface area contributed by atoms with Crippen LogP contribution in [0.2, 0.25) is 5.02 Å². The second-order valence-corrected chi connectivity index (χ2v) is 8.84. The highest BCUT2D eigenvalue weighted by Crippen LogP contribution is 2.24. The van der Waals surface area contributed by atoms with Crippen LogP contribution in [0.4, 0.5) is 0 Å². The summed E-state index contributed by atoms with van der Waals surface area (Å²) in [6.07, 6.45) is 3.95. The Morgan fingerprint density at radius 3 is 2.40 bits per heavy atom. The molecule has 1 aliphatic heterocycles. The summed E-state index contributed by atoms with van der Waals surface area (Å²) in [5.74, 6) is -1.08. The molecule has 0 spiro atoms. The van der Waals surface area contributed by atoms with Crippen LogP contribution in [0.3, 0.4) is 0 Å². The average molecular weight is 388 g/mol. The van der Waals surface area contributed by atoms with Crippen LogP contribution in [0.5, 0.6) is 0 Å². The highest BCUT2D eigenvalue weighted by Gasteiger charge is 2.29. The van der Waals surface area contributed by atoms with E-state index in [2.05, 4.69) is 0 Å². The molecule has 2 atom stereocenters. The number of nitrogens with zero attached hydrogens (tertiary/aromatic N) is 1. The van der Waals surface area contributed by atoms with Crippen molar-refractivity contribution in [1.82, 2.24) is 4.90 Å². The smallest absolute Gasteiger partial charge is 0.340 e. The molecule has 6 nitrogen and oxygen atoms in total. The number of halogens is 1. The van der Waals surface area contributed by atoms with E-state index >= 15 is 0 Å². The van der Waals surface area contributed by atoms with Crippen molar-refractivity contribution in [2.75, 3.05) is 12.9 Å². The first-order valence-electron chi connectivity index (χ1n) is 8.09. The molecule has 0 bridgehead atoms. The molecule has 0 aliphatic carbocycles. The summed E-state index contributed by atoms with van der Waals surface area (Å²) >= 11 is 5.96. The number of benzene rings is 1. The zero-order chi connectivity index (χ0) is 18.8. The molecule has 0 radical (unpaired) electrons. The topological polar surface area (TPSA) is 80.8 Å². The van der Waals surface area contributed by atoms with Gasteiger partial charge in [0.05, 0.1) is 15.5 Å². The number of esters is 1. The fourth-order valence-corrected chi connectivity index (χ4v) is 3.93. The minimum atomic E-state index is -3.48. The molecule has 0 unspecified atom stereocenters. The summed E-state index contributed by atoms with van der Waals surface area (Å²) in [6, 6.07) is 4.01. The third-order valence-corrected chi connectivity index (χ3v) is 5.83. The van der Waals surface area contributed by atoms with Gasteiger partial charge in [-0.1, -0.05) is 11.6 Å². The van der Waals surface area contributed by atoms with E-state index in [0.717, 1.165) is 31.6 Å². The number of piperidine rings is 1. The van der Waals surface area contributed by atoms with Gasteiger partial charge in [-0.2, -0.15) is 0 Å². The minimum absolute atomic E-state index is 0.0338. The van der Waals surface area contributed by atoms with Crippen molar-refractivity contribution in [3.05, 3.63) is 28.8 Å². The largest absolute Gasteiger partial charge is 0.452 e. The van der Waals surface area contributed by atoms with Gasteiger partial charge in [-0.25, -0.2) is 13.2 Å². The second kappa shape index (κ2) is 7.74. The van der Waals surface area contributed by atoms with Crippen molar-refractivity contribution in [2.24, 2.45) is 0 Å². The lowest BCUT2D eigenvalue weighted by atomic mass is 9.97. The number of likely N-dealkylation sites (tertiary alicyclic amines) is 1. The van der Waals surface area contributed by atoms with Crippen molar-refractivity contribution in [3.8, 4) is 0 Å². The lowest BCUT2D eigenvalue weighted by Gasteiger charge is -2.38. The van der Waals surface area contributed by atoms with Crippen molar-refractivity contribution in [3.63, 3.8) is 0 Å². The van der Waals surface area contributed by atoms with Crippen LogP contribution in [0.15, 0.2) is 23.1 Å². The first-order chi connectivity index (χ1) is 11.6. The molecule has 8 heteroatoms. The number of ether oxygens (including phenoxy) is 1. The Hall–Kier alpha value is -1.60. The standard InChI is InChI=1S/C17H22ClNO5S/c1-11-5-4-6-12(2)19(11)16(20)10-24-17(21)14-9-13(25(3,22)23)7-8-15(14)18/h7-9,11-12H,4-6,10H2,1-3H3/t11-,12+. The third-order valence-electron chi connectivity index (χ3n) is 4.39. The molecule has 25 heavy (non-hydrogen) atoms. The summed E-state index contributed by atoms with van der Waals surface area (Å²) in [5.41, 5.74) is -0.0721. The summed E-state index contributed by atoms with van der Waals surface area (Å²) in [5, 5.41) is 0.0737. The Morgan fingerprint density at radius 1 is 1.24 bits per heavy atom. The highest BCUT2D eigenvalue weighted by molar-refractivity contribution is 7.90. The molecule has 2 rings (SSSR count). The lowest BCUT2D eigenvalue weighted by Crippen LogP contribution is -2.49. The Morgan fingerprint density at radius 2 is 1.84 bits per heavy atom. The van der Waals surface area contributed by atoms with Gasteiger partial charge in [0, 0.05) is 18.3 Å². The third kappa shape index (κ3) is 4.73. The van der Waals surface area contributed by atoms with E-state index in [-0.39, 0.29) is 33.5 Å². The molecular weight excluding hydrogens is 366 g/mol. The number of amides is 1. The van der Waals surface area contributed by atoms with E-state index in [4.69, 9.17) is 16.3 Å². The summed E-state index contributed by atoms with van der Waals surface area (Å²) in [6.45, 7) is 3.55. The molecule has 0 aromatic heterocycles. The minimum Gasteiger partial charge on any atom is -0.452 e. The van der Waals surface area contributed by atoms with Gasteiger partial charge in [0.15, 0.2) is 16.4 Å². The van der Waals surface area contributed by atoms with Gasteiger partial charge >= 0.3 is 5.97 Å². The number of hydrogen-bond acceptors (Lipinski definition) is 5. The van der Waals surface area contributed by atoms with Gasteiger partial charge < -0.3 is 9.64 Å². The maximum atomic E-state index is 12.4. The predicted octanol–water partition coefficient (Wildman–Crippen LogP) is 2.69. The molecular formula is C17H22ClNO5S. The van der Waals surface area contributed by atoms with Crippen LogP contribution in [0.1, 0.15) is 43.5 Å². The molecule has 1 aromatic rings. The Bertz CT molecular complexity index is 767. The molecule has 1 heterocycles. The zero-order valence-corrected chi connectivity index (χ0v) is 16.1. The van der Waals surface area contributed by atoms with Gasteiger partial charge in [0.25, 0.3) is 5.91 Å². The van der Waals surface area contributed by atoms with Crippen LogP contribution < -0.4 is 0 Å². The van der Waals surface area contributed by atoms with E-state index < -0.39 is 22.4 Å². The van der Waals surface area contributed by atoms with E-state index in [1.807, 2.05) is 13.8 Å². The molecule has 0 saturated carbocycles. The highest BCUT2D eigenvalue weighted by atomic mass is 35.5. The van der Waals surface area contributed by atoms with Crippen LogP contribution in [-0.2, 0) is 19.4 Å². The molecule has 138 valence electrons. The lowest BCUT2D eigenvalue weighted by molar-refractivity contribution is -0.140.